The highest BCUT2D eigenvalue weighted by atomic mass is 28.3. The lowest BCUT2D eigenvalue weighted by Gasteiger charge is -2.31. The number of benzene rings is 8. The molecule has 1 aliphatic rings. The van der Waals surface area contributed by atoms with Crippen LogP contribution in [0.15, 0.2) is 200 Å². The molecule has 8 aromatic carbocycles. The van der Waals surface area contributed by atoms with Crippen molar-refractivity contribution in [3.05, 3.63) is 211 Å². The smallest absolute Gasteiger partial charge is 0.180 e. The first-order valence-electron chi connectivity index (χ1n) is 19.5. The van der Waals surface area contributed by atoms with Crippen LogP contribution in [0.4, 0.5) is 0 Å². The van der Waals surface area contributed by atoms with Gasteiger partial charge >= 0.3 is 0 Å². The van der Waals surface area contributed by atoms with Crippen molar-refractivity contribution < 1.29 is 0 Å². The predicted octanol–water partition coefficient (Wildman–Crippen LogP) is 10.2. The fourth-order valence-corrected chi connectivity index (χ4v) is 13.7. The highest BCUT2D eigenvalue weighted by Crippen LogP contribution is 2.37. The summed E-state index contributed by atoms with van der Waals surface area (Å²) in [7, 11) is -2.72. The third-order valence-corrected chi connectivity index (χ3v) is 16.3. The van der Waals surface area contributed by atoms with E-state index in [1.54, 1.807) is 0 Å². The molecule has 57 heavy (non-hydrogen) atoms. The first kappa shape index (κ1) is 34.5. The fourth-order valence-electron chi connectivity index (χ4n) is 8.55. The van der Waals surface area contributed by atoms with Gasteiger partial charge in [0, 0.05) is 16.7 Å². The Hall–Kier alpha value is -7.01. The van der Waals surface area contributed by atoms with Crippen molar-refractivity contribution in [1.82, 2.24) is 15.0 Å². The molecule has 0 spiro atoms. The largest absolute Gasteiger partial charge is 0.208 e. The van der Waals surface area contributed by atoms with Crippen molar-refractivity contribution in [2.45, 2.75) is 13.8 Å². The van der Waals surface area contributed by atoms with E-state index in [1.165, 1.54) is 54.1 Å². The first-order chi connectivity index (χ1) is 28.1. The molecule has 2 heterocycles. The predicted molar refractivity (Wildman–Crippen MR) is 239 cm³/mol. The molecule has 0 aliphatic carbocycles. The van der Waals surface area contributed by atoms with Crippen molar-refractivity contribution in [3.8, 4) is 67.5 Å². The van der Waals surface area contributed by atoms with Gasteiger partial charge in [0.1, 0.15) is 0 Å². The van der Waals surface area contributed by atoms with Crippen molar-refractivity contribution >= 4 is 28.8 Å². The monoisotopic (exact) mass is 745 g/mol. The summed E-state index contributed by atoms with van der Waals surface area (Å²) in [4.78, 5) is 15.7. The summed E-state index contributed by atoms with van der Waals surface area (Å²) >= 11 is 0. The van der Waals surface area contributed by atoms with Gasteiger partial charge in [-0.1, -0.05) is 211 Å². The molecule has 1 aromatic heterocycles. The maximum absolute atomic E-state index is 5.31. The lowest BCUT2D eigenvalue weighted by molar-refractivity contribution is 1.07. The van der Waals surface area contributed by atoms with Crippen LogP contribution < -0.4 is 20.7 Å². The normalized spacial score (nSPS) is 12.5. The lowest BCUT2D eigenvalue weighted by Crippen LogP contribution is -2.72. The summed E-state index contributed by atoms with van der Waals surface area (Å²) in [6.45, 7) is 4.33. The SMILES string of the molecule is Cc1ccc([Si]2(c3ccc(C)cc3)c3ccccc3-c3c(-c4nc(-c5ccccc5)nc(-c5ccc(-c6ccc(-c7ccccc7)cc6)cc5)n4)cccc32)cc1. The van der Waals surface area contributed by atoms with Gasteiger partial charge in [0.25, 0.3) is 0 Å². The average molecular weight is 746 g/mol. The van der Waals surface area contributed by atoms with Crippen LogP contribution in [0.1, 0.15) is 11.1 Å². The zero-order chi connectivity index (χ0) is 38.3. The van der Waals surface area contributed by atoms with Crippen LogP contribution in [-0.2, 0) is 0 Å². The molecular formula is C53H39N3Si. The first-order valence-corrected chi connectivity index (χ1v) is 21.5. The molecule has 9 aromatic rings. The zero-order valence-corrected chi connectivity index (χ0v) is 32.9. The molecule has 0 saturated heterocycles. The Morgan fingerprint density at radius 2 is 0.684 bits per heavy atom. The van der Waals surface area contributed by atoms with Crippen LogP contribution in [0.3, 0.4) is 0 Å². The number of aromatic nitrogens is 3. The maximum Gasteiger partial charge on any atom is 0.180 e. The Morgan fingerprint density at radius 3 is 1.23 bits per heavy atom. The highest BCUT2D eigenvalue weighted by molar-refractivity contribution is 7.22. The Labute approximate surface area is 335 Å². The van der Waals surface area contributed by atoms with Crippen molar-refractivity contribution in [3.63, 3.8) is 0 Å². The highest BCUT2D eigenvalue weighted by Gasteiger charge is 2.49. The molecule has 0 atom stereocenters. The van der Waals surface area contributed by atoms with Gasteiger partial charge in [-0.05, 0) is 68.0 Å². The second kappa shape index (κ2) is 14.2. The molecule has 10 rings (SSSR count). The van der Waals surface area contributed by atoms with Crippen molar-refractivity contribution in [2.75, 3.05) is 0 Å². The van der Waals surface area contributed by atoms with Crippen LogP contribution in [0.2, 0.25) is 0 Å². The van der Waals surface area contributed by atoms with Crippen molar-refractivity contribution in [2.24, 2.45) is 0 Å². The molecule has 3 nitrogen and oxygen atoms in total. The molecule has 0 radical (unpaired) electrons. The molecule has 1 aliphatic heterocycles. The van der Waals surface area contributed by atoms with Gasteiger partial charge in [0.05, 0.1) is 0 Å². The topological polar surface area (TPSA) is 38.7 Å². The molecule has 4 heteroatoms. The van der Waals surface area contributed by atoms with Crippen molar-refractivity contribution in [1.29, 1.82) is 0 Å². The Morgan fingerprint density at radius 1 is 0.298 bits per heavy atom. The minimum absolute atomic E-state index is 0.647. The summed E-state index contributed by atoms with van der Waals surface area (Å²) in [5.41, 5.74) is 12.6. The van der Waals surface area contributed by atoms with Gasteiger partial charge < -0.3 is 0 Å². The molecule has 0 fully saturated rings. The summed E-state index contributed by atoms with van der Waals surface area (Å²) in [6, 6.07) is 72.3. The summed E-state index contributed by atoms with van der Waals surface area (Å²) in [5.74, 6) is 1.97. The number of hydrogen-bond donors (Lipinski definition) is 0. The van der Waals surface area contributed by atoms with E-state index in [4.69, 9.17) is 15.0 Å². The van der Waals surface area contributed by atoms with Crippen LogP contribution in [0.25, 0.3) is 67.5 Å². The summed E-state index contributed by atoms with van der Waals surface area (Å²) in [6.07, 6.45) is 0. The number of aryl methyl sites for hydroxylation is 2. The van der Waals surface area contributed by atoms with E-state index in [0.717, 1.165) is 27.8 Å². The number of hydrogen-bond acceptors (Lipinski definition) is 3. The Kier molecular flexibility index (Phi) is 8.62. The van der Waals surface area contributed by atoms with Crippen LogP contribution in [0, 0.1) is 13.8 Å². The quantitative estimate of drug-likeness (QED) is 0.153. The van der Waals surface area contributed by atoms with Gasteiger partial charge in [0.2, 0.25) is 0 Å². The van der Waals surface area contributed by atoms with E-state index >= 15 is 0 Å². The van der Waals surface area contributed by atoms with E-state index in [1.807, 2.05) is 24.3 Å². The average Bonchev–Trinajstić information content (AvgIpc) is 3.59. The lowest BCUT2D eigenvalue weighted by atomic mass is 9.99. The molecule has 0 amide bonds. The Bertz CT molecular complexity index is 2820. The molecule has 0 unspecified atom stereocenters. The number of nitrogens with zero attached hydrogens (tertiary/aromatic N) is 3. The van der Waals surface area contributed by atoms with Crippen LogP contribution in [-0.4, -0.2) is 23.0 Å². The van der Waals surface area contributed by atoms with Gasteiger partial charge in [-0.15, -0.1) is 0 Å². The van der Waals surface area contributed by atoms with Gasteiger partial charge in [-0.3, -0.25) is 0 Å². The van der Waals surface area contributed by atoms with Crippen LogP contribution in [0.5, 0.6) is 0 Å². The summed E-state index contributed by atoms with van der Waals surface area (Å²) in [5, 5.41) is 5.50. The van der Waals surface area contributed by atoms with Gasteiger partial charge in [-0.2, -0.15) is 0 Å². The van der Waals surface area contributed by atoms with E-state index < -0.39 is 8.07 Å². The van der Waals surface area contributed by atoms with Gasteiger partial charge in [-0.25, -0.2) is 15.0 Å². The van der Waals surface area contributed by atoms with E-state index in [0.29, 0.717) is 17.5 Å². The zero-order valence-electron chi connectivity index (χ0n) is 31.9. The molecular weight excluding hydrogens is 707 g/mol. The number of rotatable bonds is 7. The van der Waals surface area contributed by atoms with Gasteiger partial charge in [0.15, 0.2) is 25.5 Å². The molecule has 0 N–H and O–H groups in total. The van der Waals surface area contributed by atoms with Crippen LogP contribution >= 0.6 is 0 Å². The molecule has 0 saturated carbocycles. The number of fused-ring (bicyclic) bond motifs is 3. The Balaban J connectivity index is 1.13. The third-order valence-electron chi connectivity index (χ3n) is 11.4. The maximum atomic E-state index is 5.31. The fraction of sp³-hybridized carbons (Fsp3) is 0.0377. The minimum Gasteiger partial charge on any atom is -0.208 e. The second-order valence-corrected chi connectivity index (χ2v) is 18.7. The second-order valence-electron chi connectivity index (χ2n) is 14.9. The minimum atomic E-state index is -2.72. The van der Waals surface area contributed by atoms with E-state index in [-0.39, 0.29) is 0 Å². The van der Waals surface area contributed by atoms with E-state index in [2.05, 4.69) is 190 Å². The van der Waals surface area contributed by atoms with E-state index in [9.17, 15) is 0 Å². The standard InChI is InChI=1S/C53H39N3Si/c1-36-20-32-44(33-21-36)57(45-34-22-37(2)23-35-45)48-18-10-9-16-46(48)50-47(17-11-19-49(50)57)53-55-51(42-14-7-4-8-15-42)54-52(56-53)43-30-28-41(29-31-43)40-26-24-39(25-27-40)38-12-5-3-6-13-38/h3-35H,1-2H3. The summed E-state index contributed by atoms with van der Waals surface area (Å²) < 4.78 is 0. The molecule has 270 valence electrons. The third kappa shape index (κ3) is 6.02. The molecule has 0 bridgehead atoms.